The lowest BCUT2D eigenvalue weighted by Gasteiger charge is -2.23. The van der Waals surface area contributed by atoms with Crippen LogP contribution in [0.1, 0.15) is 16.7 Å². The van der Waals surface area contributed by atoms with Gasteiger partial charge in [-0.25, -0.2) is 9.18 Å². The van der Waals surface area contributed by atoms with Crippen LogP contribution in [-0.4, -0.2) is 23.8 Å². The van der Waals surface area contributed by atoms with Crippen LogP contribution in [0.2, 0.25) is 0 Å². The molecule has 6 nitrogen and oxygen atoms in total. The van der Waals surface area contributed by atoms with Gasteiger partial charge in [0.1, 0.15) is 11.6 Å². The van der Waals surface area contributed by atoms with E-state index in [0.29, 0.717) is 30.3 Å². The predicted octanol–water partition coefficient (Wildman–Crippen LogP) is 3.98. The first-order valence-electron chi connectivity index (χ1n) is 9.32. The molecule has 29 heavy (non-hydrogen) atoms. The molecule has 2 aromatic carbocycles. The number of nitrogens with one attached hydrogen (secondary N) is 1. The van der Waals surface area contributed by atoms with Gasteiger partial charge < -0.3 is 14.8 Å². The number of methoxy groups -OCH3 is 2. The van der Waals surface area contributed by atoms with Crippen LogP contribution in [0.5, 0.6) is 11.5 Å². The van der Waals surface area contributed by atoms with Crippen molar-refractivity contribution < 1.29 is 13.9 Å². The molecule has 1 N–H and O–H groups in total. The van der Waals surface area contributed by atoms with Crippen LogP contribution in [0.3, 0.4) is 0 Å². The van der Waals surface area contributed by atoms with Crippen LogP contribution in [0.4, 0.5) is 15.9 Å². The zero-order valence-corrected chi connectivity index (χ0v) is 16.8. The highest BCUT2D eigenvalue weighted by atomic mass is 19.1. The van der Waals surface area contributed by atoms with Crippen LogP contribution in [-0.2, 0) is 13.0 Å². The number of rotatable bonds is 4. The minimum atomic E-state index is -0.331. The normalized spacial score (nSPS) is 12.2. The van der Waals surface area contributed by atoms with E-state index < -0.39 is 0 Å². The Bertz CT molecular complexity index is 1150. The maximum atomic E-state index is 13.6. The molecule has 7 heteroatoms. The van der Waals surface area contributed by atoms with Crippen molar-refractivity contribution in [3.63, 3.8) is 0 Å². The van der Waals surface area contributed by atoms with Gasteiger partial charge in [-0.05, 0) is 61.2 Å². The third-order valence-corrected chi connectivity index (χ3v) is 5.25. The van der Waals surface area contributed by atoms with Crippen LogP contribution in [0.25, 0.3) is 11.3 Å². The first-order chi connectivity index (χ1) is 13.9. The van der Waals surface area contributed by atoms with Crippen LogP contribution >= 0.6 is 0 Å². The second-order valence-electron chi connectivity index (χ2n) is 7.11. The number of halogens is 1. The third kappa shape index (κ3) is 3.33. The van der Waals surface area contributed by atoms with Crippen molar-refractivity contribution >= 4 is 11.5 Å². The van der Waals surface area contributed by atoms with E-state index in [9.17, 15) is 9.18 Å². The van der Waals surface area contributed by atoms with Gasteiger partial charge in [-0.2, -0.15) is 4.98 Å². The topological polar surface area (TPSA) is 65.4 Å². The summed E-state index contributed by atoms with van der Waals surface area (Å²) in [6.45, 7) is 4.17. The number of ether oxygens (including phenoxy) is 2. The summed E-state index contributed by atoms with van der Waals surface area (Å²) in [6, 6.07) is 8.58. The number of anilines is 2. The number of benzene rings is 2. The van der Waals surface area contributed by atoms with Gasteiger partial charge in [-0.3, -0.25) is 4.57 Å². The highest BCUT2D eigenvalue weighted by Crippen LogP contribution is 2.38. The molecule has 0 bridgehead atoms. The lowest BCUT2D eigenvalue weighted by molar-refractivity contribution is 0.354. The van der Waals surface area contributed by atoms with E-state index in [1.165, 1.54) is 12.1 Å². The summed E-state index contributed by atoms with van der Waals surface area (Å²) in [5, 5.41) is 3.19. The molecule has 3 aromatic rings. The lowest BCUT2D eigenvalue weighted by atomic mass is 9.97. The molecule has 0 aliphatic carbocycles. The lowest BCUT2D eigenvalue weighted by Crippen LogP contribution is -2.28. The zero-order chi connectivity index (χ0) is 20.7. The van der Waals surface area contributed by atoms with E-state index in [0.717, 1.165) is 33.6 Å². The summed E-state index contributed by atoms with van der Waals surface area (Å²) in [5.41, 5.74) is 4.64. The molecule has 0 atom stereocenters. The molecule has 1 aromatic heterocycles. The molecule has 2 heterocycles. The number of aryl methyl sites for hydroxylation is 3. The van der Waals surface area contributed by atoms with Gasteiger partial charge in [-0.1, -0.05) is 0 Å². The van der Waals surface area contributed by atoms with Crippen molar-refractivity contribution in [2.75, 3.05) is 19.5 Å². The van der Waals surface area contributed by atoms with Gasteiger partial charge in [0.15, 0.2) is 11.5 Å². The molecule has 0 radical (unpaired) electrons. The van der Waals surface area contributed by atoms with Crippen molar-refractivity contribution in [1.29, 1.82) is 0 Å². The largest absolute Gasteiger partial charge is 0.493 e. The molecular formula is C22H22FN3O3. The fourth-order valence-corrected chi connectivity index (χ4v) is 3.84. The molecule has 4 rings (SSSR count). The Balaban J connectivity index is 1.83. The van der Waals surface area contributed by atoms with E-state index in [1.54, 1.807) is 18.8 Å². The molecule has 0 saturated heterocycles. The summed E-state index contributed by atoms with van der Waals surface area (Å²) in [4.78, 5) is 16.9. The van der Waals surface area contributed by atoms with Gasteiger partial charge in [0.05, 0.1) is 19.9 Å². The van der Waals surface area contributed by atoms with Gasteiger partial charge in [0.2, 0.25) is 0 Å². The van der Waals surface area contributed by atoms with Crippen molar-refractivity contribution in [3.8, 4) is 22.8 Å². The molecule has 0 unspecified atom stereocenters. The van der Waals surface area contributed by atoms with Crippen LogP contribution in [0.15, 0.2) is 35.1 Å². The van der Waals surface area contributed by atoms with Crippen molar-refractivity contribution in [1.82, 2.24) is 9.55 Å². The molecule has 0 fully saturated rings. The Morgan fingerprint density at radius 2 is 1.69 bits per heavy atom. The summed E-state index contributed by atoms with van der Waals surface area (Å²) < 4.78 is 26.1. The average Bonchev–Trinajstić information content (AvgIpc) is 2.69. The van der Waals surface area contributed by atoms with Crippen LogP contribution < -0.4 is 20.5 Å². The Morgan fingerprint density at radius 3 is 2.34 bits per heavy atom. The Morgan fingerprint density at radius 1 is 1.03 bits per heavy atom. The second kappa shape index (κ2) is 7.24. The molecule has 150 valence electrons. The number of hydrogen-bond donors (Lipinski definition) is 1. The summed E-state index contributed by atoms with van der Waals surface area (Å²) >= 11 is 0. The minimum absolute atomic E-state index is 0.293. The quantitative estimate of drug-likeness (QED) is 0.724. The Labute approximate surface area is 167 Å². The van der Waals surface area contributed by atoms with Gasteiger partial charge >= 0.3 is 5.69 Å². The average molecular weight is 395 g/mol. The summed E-state index contributed by atoms with van der Waals surface area (Å²) in [5.74, 6) is 1.39. The molecule has 0 spiro atoms. The fraction of sp³-hybridized carbons (Fsp3) is 0.273. The maximum Gasteiger partial charge on any atom is 0.350 e. The highest BCUT2D eigenvalue weighted by Gasteiger charge is 2.22. The number of hydrogen-bond acceptors (Lipinski definition) is 5. The number of nitrogens with zero attached hydrogens (tertiary/aromatic N) is 2. The third-order valence-electron chi connectivity index (χ3n) is 5.25. The van der Waals surface area contributed by atoms with Crippen molar-refractivity contribution in [3.05, 3.63) is 63.3 Å². The SMILES string of the molecule is COc1cc2c(cc1OC)-c1cc(Nc3c(C)cc(F)cc3C)nc(=O)n1CC2. The minimum Gasteiger partial charge on any atom is -0.493 e. The van der Waals surface area contributed by atoms with E-state index in [2.05, 4.69) is 10.3 Å². The predicted molar refractivity (Wildman–Crippen MR) is 110 cm³/mol. The molecular weight excluding hydrogens is 373 g/mol. The molecule has 0 amide bonds. The summed E-state index contributed by atoms with van der Waals surface area (Å²) in [7, 11) is 3.19. The van der Waals surface area contributed by atoms with Gasteiger partial charge in [-0.15, -0.1) is 0 Å². The van der Waals surface area contributed by atoms with E-state index in [4.69, 9.17) is 9.47 Å². The molecule has 1 aliphatic heterocycles. The molecule has 0 saturated carbocycles. The van der Waals surface area contributed by atoms with E-state index in [1.807, 2.05) is 32.0 Å². The zero-order valence-electron chi connectivity index (χ0n) is 16.8. The standard InChI is InChI=1S/C22H22FN3O3/c1-12-7-15(23)8-13(2)21(12)24-20-11-17-16-10-19(29-4)18(28-3)9-14(16)5-6-26(17)22(27)25-20/h7-11H,5-6H2,1-4H3,(H,24,25,27). The van der Waals surface area contributed by atoms with Crippen molar-refractivity contribution in [2.45, 2.75) is 26.8 Å². The first kappa shape index (κ1) is 19.0. The second-order valence-corrected chi connectivity index (χ2v) is 7.11. The van der Waals surface area contributed by atoms with Gasteiger partial charge in [0.25, 0.3) is 0 Å². The monoisotopic (exact) mass is 395 g/mol. The van der Waals surface area contributed by atoms with Crippen molar-refractivity contribution in [2.24, 2.45) is 0 Å². The van der Waals surface area contributed by atoms with Gasteiger partial charge in [0, 0.05) is 23.9 Å². The smallest absolute Gasteiger partial charge is 0.350 e. The Kier molecular flexibility index (Phi) is 4.74. The first-order valence-corrected chi connectivity index (χ1v) is 9.32. The van der Waals surface area contributed by atoms with E-state index >= 15 is 0 Å². The fourth-order valence-electron chi connectivity index (χ4n) is 3.84. The summed E-state index contributed by atoms with van der Waals surface area (Å²) in [6.07, 6.45) is 0.702. The van der Waals surface area contributed by atoms with Crippen LogP contribution in [0, 0.1) is 19.7 Å². The number of aromatic nitrogens is 2. The highest BCUT2D eigenvalue weighted by molar-refractivity contribution is 5.73. The molecule has 1 aliphatic rings. The number of fused-ring (bicyclic) bond motifs is 3. The Hall–Kier alpha value is -3.35. The van der Waals surface area contributed by atoms with E-state index in [-0.39, 0.29) is 11.5 Å². The maximum absolute atomic E-state index is 13.6.